The van der Waals surface area contributed by atoms with Crippen LogP contribution in [0, 0.1) is 0 Å². The minimum Gasteiger partial charge on any atom is -0.496 e. The highest BCUT2D eigenvalue weighted by Gasteiger charge is 2.31. The van der Waals surface area contributed by atoms with Crippen LogP contribution < -0.4 is 20.1 Å². The molecule has 2 aromatic heterocycles. The summed E-state index contributed by atoms with van der Waals surface area (Å²) in [5.74, 6) is 1.08. The Morgan fingerprint density at radius 3 is 1.62 bits per heavy atom. The molecule has 1 aliphatic carbocycles. The number of H-pyrrole nitrogens is 2. The molecule has 14 nitrogen and oxygen atoms in total. The SMILES string of the molecule is CN1CCC(Nc2cccc(C3CCCC3)c2)CC1.COc1cc(C(=O)N2CCCC2c2cccc(NC3CCN(C)CC3)c2)ccc1-c1cn[nH]c1.COc1cc(C(=O)O)ccc1-c1cn[nH]c1. The zero-order chi connectivity index (χ0) is 48.1. The van der Waals surface area contributed by atoms with E-state index in [0.29, 0.717) is 29.1 Å². The Hall–Kier alpha value is -6.64. The first-order chi connectivity index (χ1) is 33.6. The van der Waals surface area contributed by atoms with E-state index in [1.807, 2.05) is 29.3 Å². The molecule has 4 fully saturated rings. The second kappa shape index (κ2) is 23.6. The second-order valence-corrected chi connectivity index (χ2v) is 18.9. The standard InChI is InChI=1S/C27H33N5O2.C17H26N2.C11H10N2O3/c1-31-13-10-22(11-14-31)30-23-6-3-5-19(15-23)25-7-4-12-32(25)27(33)20-8-9-24(26(16-20)34-2)21-17-28-29-18-21;1-19-11-9-16(10-12-19)18-17-8-4-7-15(13-17)14-5-2-3-6-14;1-16-10-4-7(11(14)15)2-3-9(10)8-5-12-13-6-8/h3,5-6,8-9,15-18,22,25,30H,4,7,10-14H2,1-2H3,(H,28,29);4,7-8,13-14,16,18H,2-3,5-6,9-12H2,1H3;2-6H,1H3,(H,12,13)(H,14,15). The number of rotatable bonds is 12. The van der Waals surface area contributed by atoms with Gasteiger partial charge in [-0.15, -0.1) is 0 Å². The van der Waals surface area contributed by atoms with Crippen LogP contribution in [0.2, 0.25) is 0 Å². The van der Waals surface area contributed by atoms with Gasteiger partial charge in [-0.3, -0.25) is 15.0 Å². The van der Waals surface area contributed by atoms with Crippen molar-refractivity contribution in [1.29, 1.82) is 0 Å². The molecule has 3 saturated heterocycles. The molecular formula is C55H69N9O5. The van der Waals surface area contributed by atoms with E-state index in [0.717, 1.165) is 79.2 Å². The highest BCUT2D eigenvalue weighted by atomic mass is 16.5. The molecule has 4 aromatic carbocycles. The molecule has 1 saturated carbocycles. The third-order valence-corrected chi connectivity index (χ3v) is 14.2. The number of aromatic carboxylic acids is 1. The van der Waals surface area contributed by atoms with Crippen molar-refractivity contribution >= 4 is 23.3 Å². The molecular weight excluding hydrogens is 867 g/mol. The number of nitrogens with zero attached hydrogens (tertiary/aromatic N) is 5. The molecule has 5 N–H and O–H groups in total. The Kier molecular flexibility index (Phi) is 16.7. The number of anilines is 2. The van der Waals surface area contributed by atoms with Crippen LogP contribution in [0.3, 0.4) is 0 Å². The largest absolute Gasteiger partial charge is 0.496 e. The van der Waals surface area contributed by atoms with Crippen molar-refractivity contribution in [1.82, 2.24) is 35.1 Å². The van der Waals surface area contributed by atoms with E-state index >= 15 is 0 Å². The first-order valence-electron chi connectivity index (χ1n) is 24.6. The van der Waals surface area contributed by atoms with Gasteiger partial charge in [-0.25, -0.2) is 4.79 Å². The molecule has 0 radical (unpaired) electrons. The number of aromatic amines is 2. The van der Waals surface area contributed by atoms with Gasteiger partial charge in [-0.1, -0.05) is 37.1 Å². The third-order valence-electron chi connectivity index (χ3n) is 14.2. The van der Waals surface area contributed by atoms with Gasteiger partial charge in [0.05, 0.1) is 38.2 Å². The summed E-state index contributed by atoms with van der Waals surface area (Å²) in [5.41, 5.74) is 9.59. The summed E-state index contributed by atoms with van der Waals surface area (Å²) in [6, 6.07) is 29.5. The van der Waals surface area contributed by atoms with Crippen LogP contribution in [-0.4, -0.2) is 125 Å². The molecule has 69 heavy (non-hydrogen) atoms. The van der Waals surface area contributed by atoms with Gasteiger partial charge in [0.15, 0.2) is 0 Å². The fourth-order valence-electron chi connectivity index (χ4n) is 10.2. The van der Waals surface area contributed by atoms with E-state index < -0.39 is 5.97 Å². The predicted octanol–water partition coefficient (Wildman–Crippen LogP) is 10.2. The van der Waals surface area contributed by atoms with Gasteiger partial charge < -0.3 is 39.9 Å². The van der Waals surface area contributed by atoms with Crippen molar-refractivity contribution in [3.63, 3.8) is 0 Å². The lowest BCUT2D eigenvalue weighted by atomic mass is 9.97. The first-order valence-corrected chi connectivity index (χ1v) is 24.6. The van der Waals surface area contributed by atoms with Crippen molar-refractivity contribution in [3.8, 4) is 33.8 Å². The van der Waals surface area contributed by atoms with Crippen LogP contribution in [0.15, 0.2) is 110 Å². The number of carboxylic acids is 1. The van der Waals surface area contributed by atoms with Crippen LogP contribution in [0.5, 0.6) is 11.5 Å². The van der Waals surface area contributed by atoms with Crippen LogP contribution in [0.1, 0.15) is 108 Å². The highest BCUT2D eigenvalue weighted by Crippen LogP contribution is 2.38. The molecule has 4 aliphatic rings. The van der Waals surface area contributed by atoms with E-state index in [-0.39, 0.29) is 17.5 Å². The summed E-state index contributed by atoms with van der Waals surface area (Å²) in [4.78, 5) is 31.2. The van der Waals surface area contributed by atoms with E-state index in [2.05, 4.69) is 103 Å². The molecule has 0 bridgehead atoms. The molecule has 14 heteroatoms. The summed E-state index contributed by atoms with van der Waals surface area (Å²) >= 11 is 0. The van der Waals surface area contributed by atoms with Gasteiger partial charge in [0.2, 0.25) is 0 Å². The quantitative estimate of drug-likeness (QED) is 0.0794. The van der Waals surface area contributed by atoms with Crippen molar-refractivity contribution < 1.29 is 24.2 Å². The molecule has 5 heterocycles. The van der Waals surface area contributed by atoms with Crippen molar-refractivity contribution in [3.05, 3.63) is 132 Å². The number of amides is 1. The van der Waals surface area contributed by atoms with Gasteiger partial charge in [-0.05, 0) is 169 Å². The maximum absolute atomic E-state index is 13.6. The van der Waals surface area contributed by atoms with Crippen molar-refractivity contribution in [2.24, 2.45) is 0 Å². The van der Waals surface area contributed by atoms with Crippen LogP contribution in [0.25, 0.3) is 22.3 Å². The van der Waals surface area contributed by atoms with E-state index in [9.17, 15) is 9.59 Å². The number of likely N-dealkylation sites (tertiary alicyclic amines) is 3. The maximum Gasteiger partial charge on any atom is 0.335 e. The van der Waals surface area contributed by atoms with E-state index in [4.69, 9.17) is 14.6 Å². The minimum absolute atomic E-state index is 0.0493. The van der Waals surface area contributed by atoms with Gasteiger partial charge in [0.25, 0.3) is 5.91 Å². The van der Waals surface area contributed by atoms with Crippen LogP contribution in [-0.2, 0) is 0 Å². The minimum atomic E-state index is -0.975. The summed E-state index contributed by atoms with van der Waals surface area (Å²) in [7, 11) is 7.54. The Morgan fingerprint density at radius 1 is 0.609 bits per heavy atom. The van der Waals surface area contributed by atoms with E-state index in [1.54, 1.807) is 37.3 Å². The molecule has 1 atom stereocenters. The Labute approximate surface area is 406 Å². The molecule has 10 rings (SSSR count). The van der Waals surface area contributed by atoms with Gasteiger partial charge in [0.1, 0.15) is 11.5 Å². The zero-order valence-corrected chi connectivity index (χ0v) is 40.6. The van der Waals surface area contributed by atoms with Gasteiger partial charge in [-0.2, -0.15) is 10.2 Å². The zero-order valence-electron chi connectivity index (χ0n) is 40.6. The van der Waals surface area contributed by atoms with E-state index in [1.165, 1.54) is 82.1 Å². The van der Waals surface area contributed by atoms with Crippen molar-refractivity contribution in [2.45, 2.75) is 88.3 Å². The Morgan fingerprint density at radius 2 is 1.12 bits per heavy atom. The van der Waals surface area contributed by atoms with Crippen LogP contribution >= 0.6 is 0 Å². The lowest BCUT2D eigenvalue weighted by Crippen LogP contribution is -2.36. The number of benzene rings is 4. The second-order valence-electron chi connectivity index (χ2n) is 18.9. The number of nitrogens with one attached hydrogen (secondary N) is 4. The van der Waals surface area contributed by atoms with Crippen LogP contribution in [0.4, 0.5) is 11.4 Å². The number of aromatic nitrogens is 4. The molecule has 364 valence electrons. The number of carbonyl (C=O) groups excluding carboxylic acids is 1. The number of carboxylic acid groups (broad SMARTS) is 1. The van der Waals surface area contributed by atoms with Gasteiger partial charge in [0, 0.05) is 70.2 Å². The fraction of sp³-hybridized carbons (Fsp3) is 0.418. The normalized spacial score (nSPS) is 18.1. The monoisotopic (exact) mass is 936 g/mol. The first kappa shape index (κ1) is 48.8. The molecule has 6 aromatic rings. The lowest BCUT2D eigenvalue weighted by molar-refractivity contribution is 0.0694. The number of ether oxygens (including phenoxy) is 2. The number of carbonyl (C=O) groups is 2. The topological polar surface area (TPSA) is 164 Å². The Bertz CT molecular complexity index is 2560. The molecule has 1 unspecified atom stereocenters. The summed E-state index contributed by atoms with van der Waals surface area (Å²) in [6.07, 6.45) is 19.4. The average molecular weight is 936 g/mol. The summed E-state index contributed by atoms with van der Waals surface area (Å²) in [5, 5.41) is 29.7. The predicted molar refractivity (Wildman–Crippen MR) is 273 cm³/mol. The highest BCUT2D eigenvalue weighted by molar-refractivity contribution is 5.96. The molecule has 1 amide bonds. The average Bonchev–Trinajstić information content (AvgIpc) is 4.25. The van der Waals surface area contributed by atoms with Crippen molar-refractivity contribution in [2.75, 3.05) is 71.7 Å². The number of hydrogen-bond acceptors (Lipinski definition) is 10. The molecule has 0 spiro atoms. The fourth-order valence-corrected chi connectivity index (χ4v) is 10.2. The molecule has 3 aliphatic heterocycles. The van der Waals surface area contributed by atoms with Gasteiger partial charge >= 0.3 is 5.97 Å². The number of piperidine rings is 2. The number of hydrogen-bond donors (Lipinski definition) is 5. The maximum atomic E-state index is 13.6. The number of methoxy groups -OCH3 is 2. The summed E-state index contributed by atoms with van der Waals surface area (Å²) in [6.45, 7) is 5.47. The lowest BCUT2D eigenvalue weighted by Gasteiger charge is -2.30. The summed E-state index contributed by atoms with van der Waals surface area (Å²) < 4.78 is 10.8. The smallest absolute Gasteiger partial charge is 0.335 e. The third kappa shape index (κ3) is 12.7. The Balaban J connectivity index is 0.000000154.